The van der Waals surface area contributed by atoms with Gasteiger partial charge in [0.1, 0.15) is 0 Å². The molecule has 2 aliphatic heterocycles. The van der Waals surface area contributed by atoms with E-state index in [0.29, 0.717) is 24.8 Å². The molecule has 2 heterocycles. The molecule has 0 saturated carbocycles. The minimum atomic E-state index is -0.0751. The van der Waals surface area contributed by atoms with Gasteiger partial charge in [0, 0.05) is 44.6 Å². The minimum Gasteiger partial charge on any atom is -0.342 e. The molecule has 2 N–H and O–H groups in total. The summed E-state index contributed by atoms with van der Waals surface area (Å²) in [7, 11) is 0. The summed E-state index contributed by atoms with van der Waals surface area (Å²) in [5.41, 5.74) is 5.66. The van der Waals surface area contributed by atoms with E-state index in [4.69, 9.17) is 5.73 Å². The van der Waals surface area contributed by atoms with Crippen molar-refractivity contribution in [1.29, 1.82) is 0 Å². The van der Waals surface area contributed by atoms with Crippen molar-refractivity contribution < 1.29 is 9.59 Å². The van der Waals surface area contributed by atoms with Gasteiger partial charge in [0.15, 0.2) is 0 Å². The second-order valence-electron chi connectivity index (χ2n) is 5.84. The Bertz CT molecular complexity index is 336. The van der Waals surface area contributed by atoms with E-state index in [-0.39, 0.29) is 11.9 Å². The number of amides is 2. The third-order valence-corrected chi connectivity index (χ3v) is 4.11. The molecular weight excluding hydrogens is 242 g/mol. The first-order chi connectivity index (χ1) is 9.08. The van der Waals surface area contributed by atoms with E-state index in [2.05, 4.69) is 0 Å². The van der Waals surface area contributed by atoms with E-state index in [1.165, 1.54) is 0 Å². The van der Waals surface area contributed by atoms with Crippen molar-refractivity contribution in [2.45, 2.75) is 57.5 Å². The predicted molar refractivity (Wildman–Crippen MR) is 73.4 cm³/mol. The van der Waals surface area contributed by atoms with E-state index < -0.39 is 0 Å². The van der Waals surface area contributed by atoms with Gasteiger partial charge < -0.3 is 15.5 Å². The Morgan fingerprint density at radius 2 is 2.00 bits per heavy atom. The molecule has 2 amide bonds. The van der Waals surface area contributed by atoms with Crippen molar-refractivity contribution >= 4 is 11.8 Å². The molecule has 5 nitrogen and oxygen atoms in total. The lowest BCUT2D eigenvalue weighted by Gasteiger charge is -2.40. The molecule has 0 aromatic heterocycles. The topological polar surface area (TPSA) is 66.6 Å². The summed E-state index contributed by atoms with van der Waals surface area (Å²) in [6, 6.07) is 0.265. The summed E-state index contributed by atoms with van der Waals surface area (Å²) in [5.74, 6) is 0.449. The maximum Gasteiger partial charge on any atom is 0.224 e. The minimum absolute atomic E-state index is 0.0751. The molecule has 2 rings (SSSR count). The van der Waals surface area contributed by atoms with E-state index in [0.717, 1.165) is 45.3 Å². The zero-order chi connectivity index (χ0) is 13.8. The number of nitrogens with two attached hydrogens (primary N) is 1. The van der Waals surface area contributed by atoms with Gasteiger partial charge in [0.25, 0.3) is 0 Å². The number of piperidine rings is 2. The fraction of sp³-hybridized carbons (Fsp3) is 0.857. The third kappa shape index (κ3) is 3.69. The number of carbonyl (C=O) groups is 2. The molecular formula is C14H25N3O2. The van der Waals surface area contributed by atoms with Crippen LogP contribution in [-0.4, -0.2) is 53.3 Å². The first kappa shape index (κ1) is 14.3. The molecule has 0 aromatic rings. The van der Waals surface area contributed by atoms with E-state index in [1.54, 1.807) is 0 Å². The Morgan fingerprint density at radius 3 is 2.58 bits per heavy atom. The van der Waals surface area contributed by atoms with Crippen molar-refractivity contribution in [2.75, 3.05) is 19.6 Å². The predicted octanol–water partition coefficient (Wildman–Crippen LogP) is 0.727. The number of likely N-dealkylation sites (tertiary alicyclic amines) is 2. The van der Waals surface area contributed by atoms with Gasteiger partial charge in [-0.05, 0) is 32.6 Å². The number of rotatable bonds is 3. The van der Waals surface area contributed by atoms with Crippen molar-refractivity contribution in [1.82, 2.24) is 9.80 Å². The van der Waals surface area contributed by atoms with Crippen LogP contribution in [0.2, 0.25) is 0 Å². The molecule has 108 valence electrons. The summed E-state index contributed by atoms with van der Waals surface area (Å²) < 4.78 is 0. The van der Waals surface area contributed by atoms with Crippen LogP contribution in [-0.2, 0) is 9.59 Å². The second kappa shape index (κ2) is 6.37. The van der Waals surface area contributed by atoms with Gasteiger partial charge in [0.2, 0.25) is 11.8 Å². The highest BCUT2D eigenvalue weighted by molar-refractivity contribution is 5.78. The molecule has 0 unspecified atom stereocenters. The highest BCUT2D eigenvalue weighted by atomic mass is 16.2. The number of carbonyl (C=O) groups excluding carboxylic acids is 2. The summed E-state index contributed by atoms with van der Waals surface area (Å²) in [6.07, 6.45) is 5.10. The van der Waals surface area contributed by atoms with Crippen LogP contribution in [0.1, 0.15) is 45.4 Å². The summed E-state index contributed by atoms with van der Waals surface area (Å²) in [4.78, 5) is 27.7. The van der Waals surface area contributed by atoms with Crippen LogP contribution < -0.4 is 5.73 Å². The molecule has 0 aromatic carbocycles. The first-order valence-corrected chi connectivity index (χ1v) is 7.40. The van der Waals surface area contributed by atoms with Gasteiger partial charge in [-0.3, -0.25) is 9.59 Å². The van der Waals surface area contributed by atoms with Crippen molar-refractivity contribution in [2.24, 2.45) is 5.73 Å². The molecule has 0 bridgehead atoms. The standard InChI is InChI=1S/C14H25N3O2/c1-11(15)10-14(19)16-8-5-12(6-9-16)17-7-3-2-4-13(17)18/h11-12H,2-10,15H2,1H3/t11-/m1/s1. The van der Waals surface area contributed by atoms with Crippen LogP contribution in [0, 0.1) is 0 Å². The van der Waals surface area contributed by atoms with Crippen molar-refractivity contribution in [3.63, 3.8) is 0 Å². The maximum absolute atomic E-state index is 11.9. The third-order valence-electron chi connectivity index (χ3n) is 4.11. The molecule has 1 atom stereocenters. The molecule has 19 heavy (non-hydrogen) atoms. The lowest BCUT2D eigenvalue weighted by Crippen LogP contribution is -2.50. The number of hydrogen-bond donors (Lipinski definition) is 1. The Hall–Kier alpha value is -1.10. The van der Waals surface area contributed by atoms with Crippen LogP contribution >= 0.6 is 0 Å². The van der Waals surface area contributed by atoms with Gasteiger partial charge >= 0.3 is 0 Å². The number of nitrogens with zero attached hydrogens (tertiary/aromatic N) is 2. The van der Waals surface area contributed by atoms with Crippen LogP contribution in [0.15, 0.2) is 0 Å². The quantitative estimate of drug-likeness (QED) is 0.819. The fourth-order valence-corrected chi connectivity index (χ4v) is 3.04. The van der Waals surface area contributed by atoms with E-state index in [9.17, 15) is 9.59 Å². The summed E-state index contributed by atoms with van der Waals surface area (Å²) in [5, 5.41) is 0. The molecule has 0 radical (unpaired) electrons. The van der Waals surface area contributed by atoms with E-state index >= 15 is 0 Å². The monoisotopic (exact) mass is 267 g/mol. The molecule has 2 saturated heterocycles. The van der Waals surface area contributed by atoms with Crippen molar-refractivity contribution in [3.05, 3.63) is 0 Å². The Morgan fingerprint density at radius 1 is 1.32 bits per heavy atom. The van der Waals surface area contributed by atoms with Crippen LogP contribution in [0.4, 0.5) is 0 Å². The van der Waals surface area contributed by atoms with Crippen LogP contribution in [0.5, 0.6) is 0 Å². The lowest BCUT2D eigenvalue weighted by atomic mass is 9.99. The Kier molecular flexibility index (Phi) is 4.80. The van der Waals surface area contributed by atoms with Gasteiger partial charge in [-0.1, -0.05) is 0 Å². The smallest absolute Gasteiger partial charge is 0.224 e. The SMILES string of the molecule is C[C@@H](N)CC(=O)N1CCC(N2CCCCC2=O)CC1. The lowest BCUT2D eigenvalue weighted by molar-refractivity contribution is -0.138. The summed E-state index contributed by atoms with van der Waals surface area (Å²) in [6.45, 7) is 4.29. The largest absolute Gasteiger partial charge is 0.342 e. The molecule has 5 heteroatoms. The van der Waals surface area contributed by atoms with Gasteiger partial charge in [-0.25, -0.2) is 0 Å². The molecule has 0 aliphatic carbocycles. The highest BCUT2D eigenvalue weighted by Gasteiger charge is 2.30. The number of hydrogen-bond acceptors (Lipinski definition) is 3. The van der Waals surface area contributed by atoms with Gasteiger partial charge in [-0.2, -0.15) is 0 Å². The Balaban J connectivity index is 1.81. The average Bonchev–Trinajstić information content (AvgIpc) is 2.39. The molecule has 0 spiro atoms. The molecule has 2 aliphatic rings. The van der Waals surface area contributed by atoms with Crippen molar-refractivity contribution in [3.8, 4) is 0 Å². The van der Waals surface area contributed by atoms with Crippen LogP contribution in [0.3, 0.4) is 0 Å². The molecule has 2 fully saturated rings. The van der Waals surface area contributed by atoms with Gasteiger partial charge in [-0.15, -0.1) is 0 Å². The second-order valence-corrected chi connectivity index (χ2v) is 5.84. The fourth-order valence-electron chi connectivity index (χ4n) is 3.04. The zero-order valence-corrected chi connectivity index (χ0v) is 11.8. The van der Waals surface area contributed by atoms with E-state index in [1.807, 2.05) is 16.7 Å². The van der Waals surface area contributed by atoms with Gasteiger partial charge in [0.05, 0.1) is 0 Å². The average molecular weight is 267 g/mol. The van der Waals surface area contributed by atoms with Crippen LogP contribution in [0.25, 0.3) is 0 Å². The summed E-state index contributed by atoms with van der Waals surface area (Å²) >= 11 is 0. The zero-order valence-electron chi connectivity index (χ0n) is 11.8. The Labute approximate surface area is 115 Å². The maximum atomic E-state index is 11.9. The first-order valence-electron chi connectivity index (χ1n) is 7.40. The normalized spacial score (nSPS) is 23.6. The highest BCUT2D eigenvalue weighted by Crippen LogP contribution is 2.22.